The van der Waals surface area contributed by atoms with Gasteiger partial charge in [0.25, 0.3) is 0 Å². The zero-order chi connectivity index (χ0) is 50.5. The van der Waals surface area contributed by atoms with Gasteiger partial charge < -0.3 is 4.90 Å². The van der Waals surface area contributed by atoms with Crippen molar-refractivity contribution in [2.45, 2.75) is 77.0 Å². The van der Waals surface area contributed by atoms with Crippen LogP contribution in [0.1, 0.15) is 99.9 Å². The molecule has 3 aliphatic rings. The molecule has 1 heterocycles. The van der Waals surface area contributed by atoms with Crippen molar-refractivity contribution in [2.24, 2.45) is 0 Å². The Morgan fingerprint density at radius 3 is 1.61 bits per heavy atom. The van der Waals surface area contributed by atoms with Gasteiger partial charge in [0.05, 0.1) is 11.1 Å². The Morgan fingerprint density at radius 2 is 0.878 bits per heavy atom. The van der Waals surface area contributed by atoms with Crippen LogP contribution in [-0.4, -0.2) is 0 Å². The standard InChI is InChI=1S/C72H59NS/c1-69(2,3)45-34-37-51-52-38-35-46(70(4,5)6)42-63(52)72(62(51)41-45)60-30-14-9-22-50(60)53-39-36-48(43-64(53)72)73(47-21-17-20-44(40-47)49-26-18-28-57-55-24-12-16-33-66(55)74-68(49)57)65-32-15-11-23-54(65)56-27-19-31-61-67(56)58-25-10-13-29-59(58)71(61,7)8/h9-43H,1-8H3. The Labute approximate surface area is 440 Å². The Hall–Kier alpha value is -7.78. The number of nitrogens with zero attached hydrogens (tertiary/aromatic N) is 1. The average molecular weight is 970 g/mol. The average Bonchev–Trinajstić information content (AvgIpc) is 4.13. The molecular weight excluding hydrogens is 911 g/mol. The van der Waals surface area contributed by atoms with E-state index < -0.39 is 5.41 Å². The van der Waals surface area contributed by atoms with Crippen LogP contribution in [0.3, 0.4) is 0 Å². The molecule has 0 saturated carbocycles. The van der Waals surface area contributed by atoms with Gasteiger partial charge in [-0.05, 0) is 142 Å². The van der Waals surface area contributed by atoms with Crippen molar-refractivity contribution < 1.29 is 0 Å². The van der Waals surface area contributed by atoms with Crippen molar-refractivity contribution in [3.8, 4) is 55.6 Å². The van der Waals surface area contributed by atoms with Gasteiger partial charge in [0.15, 0.2) is 0 Å². The van der Waals surface area contributed by atoms with E-state index in [1.807, 2.05) is 11.3 Å². The minimum atomic E-state index is -0.547. The van der Waals surface area contributed by atoms with Crippen LogP contribution in [0.5, 0.6) is 0 Å². The molecule has 74 heavy (non-hydrogen) atoms. The number of fused-ring (bicyclic) bond motifs is 16. The first-order valence-electron chi connectivity index (χ1n) is 26.4. The van der Waals surface area contributed by atoms with E-state index in [0.717, 1.165) is 17.1 Å². The highest BCUT2D eigenvalue weighted by atomic mass is 32.1. The first kappa shape index (κ1) is 44.9. The summed E-state index contributed by atoms with van der Waals surface area (Å²) in [7, 11) is 0. The summed E-state index contributed by atoms with van der Waals surface area (Å²) in [6, 6.07) is 81.6. The van der Waals surface area contributed by atoms with Gasteiger partial charge in [-0.25, -0.2) is 0 Å². The third-order valence-corrected chi connectivity index (χ3v) is 18.2. The first-order chi connectivity index (χ1) is 35.7. The lowest BCUT2D eigenvalue weighted by molar-refractivity contribution is 0.586. The molecule has 0 bridgehead atoms. The van der Waals surface area contributed by atoms with Crippen LogP contribution in [0.25, 0.3) is 75.8 Å². The molecule has 0 N–H and O–H groups in total. The lowest BCUT2D eigenvalue weighted by Gasteiger charge is -2.34. The third kappa shape index (κ3) is 6.34. The predicted octanol–water partition coefficient (Wildman–Crippen LogP) is 20.1. The van der Waals surface area contributed by atoms with E-state index in [0.29, 0.717) is 0 Å². The fourth-order valence-corrected chi connectivity index (χ4v) is 14.6. The maximum absolute atomic E-state index is 2.58. The summed E-state index contributed by atoms with van der Waals surface area (Å²) in [5.41, 5.74) is 26.3. The molecular formula is C72H59NS. The van der Waals surface area contributed by atoms with Gasteiger partial charge in [0, 0.05) is 42.5 Å². The van der Waals surface area contributed by atoms with E-state index >= 15 is 0 Å². The van der Waals surface area contributed by atoms with Crippen molar-refractivity contribution in [3.05, 3.63) is 257 Å². The maximum Gasteiger partial charge on any atom is 0.0726 e. The van der Waals surface area contributed by atoms with Crippen LogP contribution in [0, 0.1) is 0 Å². The van der Waals surface area contributed by atoms with Crippen molar-refractivity contribution in [2.75, 3.05) is 4.90 Å². The summed E-state index contributed by atoms with van der Waals surface area (Å²) in [5.74, 6) is 0. The van der Waals surface area contributed by atoms with Crippen molar-refractivity contribution in [1.82, 2.24) is 0 Å². The summed E-state index contributed by atoms with van der Waals surface area (Å²) in [6.45, 7) is 18.9. The van der Waals surface area contributed by atoms with Crippen molar-refractivity contribution in [3.63, 3.8) is 0 Å². The monoisotopic (exact) mass is 969 g/mol. The number of hydrogen-bond acceptors (Lipinski definition) is 2. The molecule has 14 rings (SSSR count). The number of anilines is 3. The summed E-state index contributed by atoms with van der Waals surface area (Å²) < 4.78 is 2.63. The van der Waals surface area contributed by atoms with Gasteiger partial charge in [-0.15, -0.1) is 11.3 Å². The van der Waals surface area contributed by atoms with Gasteiger partial charge in [0.1, 0.15) is 0 Å². The number of para-hydroxylation sites is 1. The molecule has 0 amide bonds. The summed E-state index contributed by atoms with van der Waals surface area (Å²) in [6.07, 6.45) is 0. The maximum atomic E-state index is 2.58. The second-order valence-corrected chi connectivity index (χ2v) is 24.7. The Morgan fingerprint density at radius 1 is 0.365 bits per heavy atom. The minimum Gasteiger partial charge on any atom is -0.310 e. The van der Waals surface area contributed by atoms with Crippen LogP contribution < -0.4 is 4.90 Å². The molecule has 2 heteroatoms. The number of benzene rings is 10. The molecule has 10 aromatic carbocycles. The fraction of sp³-hybridized carbons (Fsp3) is 0.167. The largest absolute Gasteiger partial charge is 0.310 e. The minimum absolute atomic E-state index is 0.0383. The van der Waals surface area contributed by atoms with E-state index in [4.69, 9.17) is 0 Å². The van der Waals surface area contributed by atoms with Crippen LogP contribution >= 0.6 is 11.3 Å². The second-order valence-electron chi connectivity index (χ2n) is 23.6. The molecule has 0 atom stereocenters. The molecule has 1 spiro atoms. The number of hydrogen-bond donors (Lipinski definition) is 0. The Balaban J connectivity index is 1.06. The molecule has 0 saturated heterocycles. The fourth-order valence-electron chi connectivity index (χ4n) is 13.3. The highest BCUT2D eigenvalue weighted by Gasteiger charge is 2.52. The summed E-state index contributed by atoms with van der Waals surface area (Å²) >= 11 is 1.89. The zero-order valence-corrected chi connectivity index (χ0v) is 44.4. The lowest BCUT2D eigenvalue weighted by atomic mass is 9.68. The number of rotatable bonds is 5. The topological polar surface area (TPSA) is 3.24 Å². The molecule has 358 valence electrons. The van der Waals surface area contributed by atoms with E-state index in [1.165, 1.54) is 120 Å². The summed E-state index contributed by atoms with van der Waals surface area (Å²) in [5, 5.41) is 2.62. The summed E-state index contributed by atoms with van der Waals surface area (Å²) in [4.78, 5) is 2.57. The molecule has 0 fully saturated rings. The van der Waals surface area contributed by atoms with Gasteiger partial charge in [-0.3, -0.25) is 0 Å². The van der Waals surface area contributed by atoms with E-state index in [1.54, 1.807) is 0 Å². The number of thiophene rings is 1. The van der Waals surface area contributed by atoms with Gasteiger partial charge in [-0.1, -0.05) is 231 Å². The molecule has 11 aromatic rings. The highest BCUT2D eigenvalue weighted by Crippen LogP contribution is 2.64. The van der Waals surface area contributed by atoms with Crippen molar-refractivity contribution in [1.29, 1.82) is 0 Å². The van der Waals surface area contributed by atoms with Crippen LogP contribution in [0.15, 0.2) is 212 Å². The Kier molecular flexibility index (Phi) is 9.62. The third-order valence-electron chi connectivity index (χ3n) is 17.0. The van der Waals surface area contributed by atoms with Crippen LogP contribution in [-0.2, 0) is 21.7 Å². The highest BCUT2D eigenvalue weighted by molar-refractivity contribution is 7.26. The molecule has 0 radical (unpaired) electrons. The molecule has 0 unspecified atom stereocenters. The molecule has 1 aromatic heterocycles. The van der Waals surface area contributed by atoms with Crippen molar-refractivity contribution >= 4 is 48.6 Å². The predicted molar refractivity (Wildman–Crippen MR) is 316 cm³/mol. The SMILES string of the molecule is CC(C)(C)c1ccc2c(c1)C1(c3ccccc3-c3ccc(N(c4cccc(-c5cccc6c5sc5ccccc56)c4)c4ccccc4-c4cccc5c4-c4ccccc4C5(C)C)cc31)c1cc(C(C)(C)C)ccc1-2. The van der Waals surface area contributed by atoms with E-state index in [2.05, 4.69) is 273 Å². The lowest BCUT2D eigenvalue weighted by Crippen LogP contribution is -2.27. The second kappa shape index (κ2) is 15.9. The van der Waals surface area contributed by atoms with E-state index in [-0.39, 0.29) is 16.2 Å². The zero-order valence-electron chi connectivity index (χ0n) is 43.6. The van der Waals surface area contributed by atoms with Gasteiger partial charge in [-0.2, -0.15) is 0 Å². The molecule has 0 aliphatic heterocycles. The van der Waals surface area contributed by atoms with Crippen LogP contribution in [0.2, 0.25) is 0 Å². The quantitative estimate of drug-likeness (QED) is 0.166. The van der Waals surface area contributed by atoms with Crippen LogP contribution in [0.4, 0.5) is 17.1 Å². The van der Waals surface area contributed by atoms with Gasteiger partial charge in [0.2, 0.25) is 0 Å². The Bertz CT molecular complexity index is 4080. The van der Waals surface area contributed by atoms with Gasteiger partial charge >= 0.3 is 0 Å². The molecule has 3 aliphatic carbocycles. The molecule has 1 nitrogen and oxygen atoms in total. The van der Waals surface area contributed by atoms with E-state index in [9.17, 15) is 0 Å². The smallest absolute Gasteiger partial charge is 0.0726 e. The normalized spacial score (nSPS) is 14.4. The first-order valence-corrected chi connectivity index (χ1v) is 27.2.